The van der Waals surface area contributed by atoms with Gasteiger partial charge in [-0.2, -0.15) is 0 Å². The summed E-state index contributed by atoms with van der Waals surface area (Å²) in [6.07, 6.45) is 3.88. The highest BCUT2D eigenvalue weighted by atomic mass is 16.2. The number of nitrogens with one attached hydrogen (secondary N) is 2. The van der Waals surface area contributed by atoms with Crippen molar-refractivity contribution in [2.75, 3.05) is 52.9 Å². The molecule has 2 N–H and O–H groups in total. The zero-order chi connectivity index (χ0) is 24.2. The first-order chi connectivity index (χ1) is 17.1. The highest BCUT2D eigenvalue weighted by Gasteiger charge is 2.31. The Labute approximate surface area is 207 Å². The molecule has 184 valence electrons. The first kappa shape index (κ1) is 23.6. The largest absolute Gasteiger partial charge is 0.361 e. The minimum Gasteiger partial charge on any atom is -0.361 e. The van der Waals surface area contributed by atoms with Gasteiger partial charge in [0.25, 0.3) is 5.91 Å². The molecule has 3 heterocycles. The third-order valence-electron chi connectivity index (χ3n) is 7.51. The number of piperidine rings is 1. The van der Waals surface area contributed by atoms with E-state index in [1.54, 1.807) is 0 Å². The van der Waals surface area contributed by atoms with Crippen molar-refractivity contribution in [3.8, 4) is 0 Å². The third kappa shape index (κ3) is 5.57. The number of hydrogen-bond acceptors (Lipinski definition) is 4. The second-order valence-electron chi connectivity index (χ2n) is 9.97. The van der Waals surface area contributed by atoms with E-state index in [9.17, 15) is 9.59 Å². The summed E-state index contributed by atoms with van der Waals surface area (Å²) in [6, 6.07) is 16.4. The van der Waals surface area contributed by atoms with Crippen LogP contribution in [0.5, 0.6) is 0 Å². The van der Waals surface area contributed by atoms with Crippen molar-refractivity contribution >= 4 is 22.7 Å². The zero-order valence-corrected chi connectivity index (χ0v) is 20.5. The van der Waals surface area contributed by atoms with Crippen LogP contribution in [0.2, 0.25) is 0 Å². The summed E-state index contributed by atoms with van der Waals surface area (Å²) in [5.74, 6) is 0.358. The van der Waals surface area contributed by atoms with Gasteiger partial charge in [-0.15, -0.1) is 0 Å². The van der Waals surface area contributed by atoms with Gasteiger partial charge >= 0.3 is 0 Å². The van der Waals surface area contributed by atoms with Crippen molar-refractivity contribution in [1.29, 1.82) is 0 Å². The molecule has 35 heavy (non-hydrogen) atoms. The first-order valence-corrected chi connectivity index (χ1v) is 12.7. The lowest BCUT2D eigenvalue weighted by Gasteiger charge is -2.38. The molecule has 0 saturated carbocycles. The Bertz CT molecular complexity index is 1140. The van der Waals surface area contributed by atoms with Crippen LogP contribution in [-0.4, -0.2) is 84.4 Å². The molecule has 0 unspecified atom stereocenters. The Morgan fingerprint density at radius 2 is 1.71 bits per heavy atom. The molecule has 1 aromatic heterocycles. The molecule has 0 radical (unpaired) electrons. The van der Waals surface area contributed by atoms with Crippen LogP contribution in [0.25, 0.3) is 10.9 Å². The van der Waals surface area contributed by atoms with Gasteiger partial charge in [-0.25, -0.2) is 0 Å². The summed E-state index contributed by atoms with van der Waals surface area (Å²) in [5, 5.41) is 4.08. The third-order valence-corrected chi connectivity index (χ3v) is 7.51. The normalized spacial score (nSPS) is 19.1. The van der Waals surface area contributed by atoms with E-state index in [-0.39, 0.29) is 11.8 Å². The minimum atomic E-state index is -0.697. The smallest absolute Gasteiger partial charge is 0.252 e. The number of piperazine rings is 1. The summed E-state index contributed by atoms with van der Waals surface area (Å²) < 4.78 is 0. The fourth-order valence-corrected chi connectivity index (χ4v) is 5.25. The van der Waals surface area contributed by atoms with Crippen LogP contribution in [-0.2, 0) is 4.79 Å². The molecule has 2 aliphatic heterocycles. The Kier molecular flexibility index (Phi) is 7.16. The van der Waals surface area contributed by atoms with E-state index in [0.717, 1.165) is 75.1 Å². The van der Waals surface area contributed by atoms with Crippen molar-refractivity contribution in [1.82, 2.24) is 25.0 Å². The molecule has 0 spiro atoms. The van der Waals surface area contributed by atoms with E-state index >= 15 is 0 Å². The van der Waals surface area contributed by atoms with Crippen LogP contribution in [0.1, 0.15) is 34.8 Å². The van der Waals surface area contributed by atoms with Gasteiger partial charge in [-0.05, 0) is 55.0 Å². The second kappa shape index (κ2) is 10.6. The number of likely N-dealkylation sites (N-methyl/N-ethyl adjacent to an activating group) is 1. The molecule has 7 heteroatoms. The molecule has 7 nitrogen and oxygen atoms in total. The van der Waals surface area contributed by atoms with Crippen LogP contribution in [0.3, 0.4) is 0 Å². The Balaban J connectivity index is 1.24. The van der Waals surface area contributed by atoms with Gasteiger partial charge in [-0.1, -0.05) is 36.4 Å². The molecule has 3 aromatic rings. The number of carbonyl (C=O) groups excluding carboxylic acids is 2. The number of hydrogen-bond donors (Lipinski definition) is 2. The number of benzene rings is 2. The number of amides is 2. The van der Waals surface area contributed by atoms with Gasteiger partial charge in [0.05, 0.1) is 0 Å². The fourth-order valence-electron chi connectivity index (χ4n) is 5.25. The maximum absolute atomic E-state index is 13.7. The number of aromatic amines is 1. The number of aromatic nitrogens is 1. The van der Waals surface area contributed by atoms with Crippen molar-refractivity contribution in [3.05, 3.63) is 71.9 Å². The summed E-state index contributed by atoms with van der Waals surface area (Å²) in [6.45, 7) is 7.13. The number of nitrogens with zero attached hydrogens (tertiary/aromatic N) is 3. The molecule has 0 aliphatic carbocycles. The number of carbonyl (C=O) groups is 2. The fraction of sp³-hybridized carbons (Fsp3) is 0.429. The molecule has 2 fully saturated rings. The molecule has 2 aliphatic rings. The molecule has 2 amide bonds. The summed E-state index contributed by atoms with van der Waals surface area (Å²) in [4.78, 5) is 36.9. The molecular weight excluding hydrogens is 438 g/mol. The lowest BCUT2D eigenvalue weighted by atomic mass is 9.94. The lowest BCUT2D eigenvalue weighted by Crippen LogP contribution is -2.49. The van der Waals surface area contributed by atoms with Crippen molar-refractivity contribution in [2.24, 2.45) is 5.92 Å². The average molecular weight is 474 g/mol. The van der Waals surface area contributed by atoms with Gasteiger partial charge in [-0.3, -0.25) is 9.59 Å². The molecule has 1 atom stereocenters. The monoisotopic (exact) mass is 473 g/mol. The van der Waals surface area contributed by atoms with Gasteiger partial charge in [0, 0.05) is 63.1 Å². The molecule has 5 rings (SSSR count). The maximum Gasteiger partial charge on any atom is 0.252 e. The minimum absolute atomic E-state index is 0.0245. The van der Waals surface area contributed by atoms with Crippen LogP contribution in [0.15, 0.2) is 60.8 Å². The SMILES string of the molecule is CN1CCN(CC2CCN(C(=O)[C@H](NC(=O)c3ccc4cc[nH]c4c3)c3ccccc3)CC2)CC1. The van der Waals surface area contributed by atoms with Gasteiger partial charge in [0.2, 0.25) is 5.91 Å². The maximum atomic E-state index is 13.7. The van der Waals surface area contributed by atoms with Crippen molar-refractivity contribution < 1.29 is 9.59 Å². The lowest BCUT2D eigenvalue weighted by molar-refractivity contribution is -0.135. The number of fused-ring (bicyclic) bond motifs is 1. The van der Waals surface area contributed by atoms with Crippen LogP contribution in [0.4, 0.5) is 0 Å². The van der Waals surface area contributed by atoms with Crippen LogP contribution in [0, 0.1) is 5.92 Å². The number of likely N-dealkylation sites (tertiary alicyclic amines) is 1. The second-order valence-corrected chi connectivity index (χ2v) is 9.97. The van der Waals surface area contributed by atoms with Crippen LogP contribution < -0.4 is 5.32 Å². The standard InChI is InChI=1S/C28H35N5O2/c1-31-15-17-32(18-16-31)20-21-10-13-33(14-11-21)28(35)26(23-5-3-2-4-6-23)30-27(34)24-8-7-22-9-12-29-25(22)19-24/h2-9,12,19,21,26,29H,10-11,13-18,20H2,1H3,(H,30,34)/t26-/m1/s1. The number of rotatable bonds is 6. The van der Waals surface area contributed by atoms with Crippen LogP contribution >= 0.6 is 0 Å². The van der Waals surface area contributed by atoms with Gasteiger partial charge in [0.1, 0.15) is 6.04 Å². The first-order valence-electron chi connectivity index (χ1n) is 12.7. The molecular formula is C28H35N5O2. The molecule has 2 saturated heterocycles. The van der Waals surface area contributed by atoms with Crippen molar-refractivity contribution in [2.45, 2.75) is 18.9 Å². The average Bonchev–Trinajstić information content (AvgIpc) is 3.37. The summed E-state index contributed by atoms with van der Waals surface area (Å²) in [7, 11) is 2.18. The van der Waals surface area contributed by atoms with E-state index in [4.69, 9.17) is 0 Å². The zero-order valence-electron chi connectivity index (χ0n) is 20.5. The van der Waals surface area contributed by atoms with Gasteiger partial charge in [0.15, 0.2) is 0 Å². The van der Waals surface area contributed by atoms with E-state index in [1.165, 1.54) is 0 Å². The quantitative estimate of drug-likeness (QED) is 0.577. The highest BCUT2D eigenvalue weighted by molar-refractivity contribution is 6.00. The van der Waals surface area contributed by atoms with E-state index < -0.39 is 6.04 Å². The van der Waals surface area contributed by atoms with Crippen molar-refractivity contribution in [3.63, 3.8) is 0 Å². The number of H-pyrrole nitrogens is 1. The van der Waals surface area contributed by atoms with Gasteiger partial charge < -0.3 is 25.0 Å². The van der Waals surface area contributed by atoms with E-state index in [0.29, 0.717) is 11.5 Å². The predicted molar refractivity (Wildman–Crippen MR) is 138 cm³/mol. The highest BCUT2D eigenvalue weighted by Crippen LogP contribution is 2.24. The topological polar surface area (TPSA) is 71.7 Å². The summed E-state index contributed by atoms with van der Waals surface area (Å²) >= 11 is 0. The van der Waals surface area contributed by atoms with E-state index in [1.807, 2.05) is 65.7 Å². The Morgan fingerprint density at radius 1 is 0.971 bits per heavy atom. The Morgan fingerprint density at radius 3 is 2.46 bits per heavy atom. The summed E-state index contributed by atoms with van der Waals surface area (Å²) in [5.41, 5.74) is 2.26. The molecule has 0 bridgehead atoms. The predicted octanol–water partition coefficient (Wildman–Crippen LogP) is 3.13. The molecule has 2 aromatic carbocycles. The Hall–Kier alpha value is -3.16. The van der Waals surface area contributed by atoms with E-state index in [2.05, 4.69) is 27.1 Å².